The van der Waals surface area contributed by atoms with Gasteiger partial charge in [-0.15, -0.1) is 0 Å². The molecule has 3 atom stereocenters. The Bertz CT molecular complexity index is 642. The summed E-state index contributed by atoms with van der Waals surface area (Å²) in [6.45, 7) is 4.42. The number of esters is 1. The lowest BCUT2D eigenvalue weighted by Crippen LogP contribution is -2.52. The fraction of sp³-hybridized carbons (Fsp3) is 0.632. The van der Waals surface area contributed by atoms with Crippen LogP contribution in [0.25, 0.3) is 0 Å². The highest BCUT2D eigenvalue weighted by Gasteiger charge is 2.55. The van der Waals surface area contributed by atoms with Gasteiger partial charge < -0.3 is 9.47 Å². The predicted octanol–water partition coefficient (Wildman–Crippen LogP) is 4.64. The van der Waals surface area contributed by atoms with Crippen LogP contribution >= 0.6 is 15.9 Å². The van der Waals surface area contributed by atoms with Crippen LogP contribution in [0.3, 0.4) is 0 Å². The first-order valence-corrected chi connectivity index (χ1v) is 9.11. The minimum atomic E-state index is -0.389. The van der Waals surface area contributed by atoms with Crippen molar-refractivity contribution in [2.75, 3.05) is 14.2 Å². The number of carbonyl (C=O) groups excluding carboxylic acids is 1. The van der Waals surface area contributed by atoms with Crippen molar-refractivity contribution in [1.29, 1.82) is 0 Å². The monoisotopic (exact) mass is 380 g/mol. The summed E-state index contributed by atoms with van der Waals surface area (Å²) in [4.78, 5) is 12.5. The number of hydrogen-bond acceptors (Lipinski definition) is 3. The maximum Gasteiger partial charge on any atom is 0.311 e. The third-order valence-corrected chi connectivity index (χ3v) is 6.90. The molecule has 3 rings (SSSR count). The first-order chi connectivity index (χ1) is 10.9. The molecule has 0 amide bonds. The molecule has 0 aromatic heterocycles. The van der Waals surface area contributed by atoms with E-state index in [9.17, 15) is 4.79 Å². The Morgan fingerprint density at radius 1 is 1.26 bits per heavy atom. The summed E-state index contributed by atoms with van der Waals surface area (Å²) >= 11 is 3.60. The van der Waals surface area contributed by atoms with Gasteiger partial charge in [0.1, 0.15) is 5.75 Å². The Morgan fingerprint density at radius 3 is 2.65 bits per heavy atom. The Morgan fingerprint density at radius 2 is 2.00 bits per heavy atom. The van der Waals surface area contributed by atoms with Crippen molar-refractivity contribution in [2.24, 2.45) is 11.3 Å². The fourth-order valence-corrected chi connectivity index (χ4v) is 5.65. The van der Waals surface area contributed by atoms with E-state index in [4.69, 9.17) is 9.47 Å². The van der Waals surface area contributed by atoms with Crippen LogP contribution < -0.4 is 4.74 Å². The first-order valence-electron chi connectivity index (χ1n) is 8.32. The van der Waals surface area contributed by atoms with Crippen molar-refractivity contribution in [3.05, 3.63) is 27.7 Å². The molecule has 1 aromatic carbocycles. The third kappa shape index (κ3) is 2.41. The smallest absolute Gasteiger partial charge is 0.311 e. The molecule has 0 saturated heterocycles. The van der Waals surface area contributed by atoms with E-state index in [1.165, 1.54) is 18.2 Å². The van der Waals surface area contributed by atoms with Gasteiger partial charge in [-0.3, -0.25) is 4.79 Å². The Hall–Kier alpha value is -1.03. The third-order valence-electron chi connectivity index (χ3n) is 6.28. The summed E-state index contributed by atoms with van der Waals surface area (Å²) in [7, 11) is 3.21. The maximum absolute atomic E-state index is 12.5. The number of halogens is 1. The normalized spacial score (nSPS) is 32.7. The molecule has 126 valence electrons. The summed E-state index contributed by atoms with van der Waals surface area (Å²) in [6.07, 6.45) is 5.13. The molecule has 23 heavy (non-hydrogen) atoms. The van der Waals surface area contributed by atoms with E-state index in [1.54, 1.807) is 7.11 Å². The van der Waals surface area contributed by atoms with Crippen molar-refractivity contribution in [3.63, 3.8) is 0 Å². The van der Waals surface area contributed by atoms with Gasteiger partial charge in [-0.25, -0.2) is 0 Å². The van der Waals surface area contributed by atoms with Crippen LogP contribution in [-0.4, -0.2) is 20.2 Å². The summed E-state index contributed by atoms with van der Waals surface area (Å²) in [5.41, 5.74) is 2.34. The zero-order chi connectivity index (χ0) is 16.8. The van der Waals surface area contributed by atoms with Gasteiger partial charge in [0, 0.05) is 0 Å². The summed E-state index contributed by atoms with van der Waals surface area (Å²) < 4.78 is 11.7. The van der Waals surface area contributed by atoms with E-state index < -0.39 is 0 Å². The highest BCUT2D eigenvalue weighted by Crippen LogP contribution is 2.58. The molecule has 1 aromatic rings. The molecule has 2 aliphatic rings. The zero-order valence-electron chi connectivity index (χ0n) is 14.4. The highest BCUT2D eigenvalue weighted by molar-refractivity contribution is 9.10. The van der Waals surface area contributed by atoms with Crippen molar-refractivity contribution >= 4 is 21.9 Å². The van der Waals surface area contributed by atoms with Gasteiger partial charge in [0.25, 0.3) is 0 Å². The number of carbonyl (C=O) groups is 1. The molecule has 0 spiro atoms. The topological polar surface area (TPSA) is 35.5 Å². The number of fused-ring (bicyclic) bond motifs is 3. The van der Waals surface area contributed by atoms with E-state index in [2.05, 4.69) is 41.9 Å². The molecular formula is C19H25BrO3. The second kappa shape index (κ2) is 5.80. The van der Waals surface area contributed by atoms with Gasteiger partial charge in [0.2, 0.25) is 0 Å². The van der Waals surface area contributed by atoms with Crippen LogP contribution in [0.5, 0.6) is 5.75 Å². The van der Waals surface area contributed by atoms with E-state index in [0.717, 1.165) is 42.3 Å². The molecule has 0 heterocycles. The second-order valence-electron chi connectivity index (χ2n) is 7.42. The van der Waals surface area contributed by atoms with Gasteiger partial charge in [-0.05, 0) is 83.1 Å². The molecule has 0 bridgehead atoms. The molecule has 3 nitrogen and oxygen atoms in total. The highest BCUT2D eigenvalue weighted by atomic mass is 79.9. The number of methoxy groups -OCH3 is 2. The average Bonchev–Trinajstić information content (AvgIpc) is 2.53. The molecule has 0 N–H and O–H groups in total. The zero-order valence-corrected chi connectivity index (χ0v) is 16.0. The van der Waals surface area contributed by atoms with E-state index >= 15 is 0 Å². The van der Waals surface area contributed by atoms with Gasteiger partial charge in [-0.2, -0.15) is 0 Å². The Labute approximate surface area is 146 Å². The van der Waals surface area contributed by atoms with Crippen LogP contribution in [0.2, 0.25) is 0 Å². The largest absolute Gasteiger partial charge is 0.496 e. The molecule has 1 fully saturated rings. The SMILES string of the molecule is COC(=O)C1(C)CCCC2(C)c3cc(OC)c(Br)cc3CCC12. The Balaban J connectivity index is 2.12. The lowest BCUT2D eigenvalue weighted by Gasteiger charge is -2.54. The van der Waals surface area contributed by atoms with Crippen molar-refractivity contribution in [3.8, 4) is 5.75 Å². The summed E-state index contributed by atoms with van der Waals surface area (Å²) in [6, 6.07) is 4.37. The van der Waals surface area contributed by atoms with Crippen molar-refractivity contribution in [2.45, 2.75) is 51.4 Å². The van der Waals surface area contributed by atoms with Crippen molar-refractivity contribution < 1.29 is 14.3 Å². The molecule has 4 heteroatoms. The van der Waals surface area contributed by atoms with E-state index in [-0.39, 0.29) is 16.8 Å². The minimum absolute atomic E-state index is 0.00273. The minimum Gasteiger partial charge on any atom is -0.496 e. The van der Waals surface area contributed by atoms with Gasteiger partial charge in [-0.1, -0.05) is 13.3 Å². The fourth-order valence-electron chi connectivity index (χ4n) is 5.10. The lowest BCUT2D eigenvalue weighted by atomic mass is 9.50. The first kappa shape index (κ1) is 16.8. The lowest BCUT2D eigenvalue weighted by molar-refractivity contribution is -0.161. The van der Waals surface area contributed by atoms with E-state index in [0.29, 0.717) is 5.92 Å². The number of hydrogen-bond donors (Lipinski definition) is 0. The number of ether oxygens (including phenoxy) is 2. The molecule has 2 aliphatic carbocycles. The van der Waals surface area contributed by atoms with Gasteiger partial charge >= 0.3 is 5.97 Å². The molecule has 0 aliphatic heterocycles. The second-order valence-corrected chi connectivity index (χ2v) is 8.27. The van der Waals surface area contributed by atoms with Crippen LogP contribution in [-0.2, 0) is 21.4 Å². The van der Waals surface area contributed by atoms with Crippen LogP contribution in [0.15, 0.2) is 16.6 Å². The summed E-state index contributed by atoms with van der Waals surface area (Å²) in [5.74, 6) is 1.13. The summed E-state index contributed by atoms with van der Waals surface area (Å²) in [5, 5.41) is 0. The Kier molecular flexibility index (Phi) is 4.24. The van der Waals surface area contributed by atoms with Crippen LogP contribution in [0.1, 0.15) is 50.7 Å². The molecular weight excluding hydrogens is 356 g/mol. The van der Waals surface area contributed by atoms with Gasteiger partial charge in [0.05, 0.1) is 24.1 Å². The number of benzene rings is 1. The van der Waals surface area contributed by atoms with E-state index in [1.807, 2.05) is 0 Å². The van der Waals surface area contributed by atoms with Crippen molar-refractivity contribution in [1.82, 2.24) is 0 Å². The predicted molar refractivity (Wildman–Crippen MR) is 93.8 cm³/mol. The number of aryl methyl sites for hydroxylation is 1. The number of rotatable bonds is 2. The maximum atomic E-state index is 12.5. The van der Waals surface area contributed by atoms with Crippen LogP contribution in [0, 0.1) is 11.3 Å². The standard InChI is InChI=1S/C19H25BrO3/c1-18-8-5-9-19(2,17(21)23-4)16(18)7-6-12-10-14(20)15(22-3)11-13(12)18/h10-11,16H,5-9H2,1-4H3. The average molecular weight is 381 g/mol. The van der Waals surface area contributed by atoms with Crippen LogP contribution in [0.4, 0.5) is 0 Å². The molecule has 0 radical (unpaired) electrons. The van der Waals surface area contributed by atoms with Gasteiger partial charge in [0.15, 0.2) is 0 Å². The quantitative estimate of drug-likeness (QED) is 0.700. The molecule has 1 saturated carbocycles. The molecule has 3 unspecified atom stereocenters.